The van der Waals surface area contributed by atoms with Gasteiger partial charge in [-0.15, -0.1) is 0 Å². The minimum absolute atomic E-state index is 0.00534. The van der Waals surface area contributed by atoms with Crippen LogP contribution in [-0.4, -0.2) is 70.0 Å². The number of rotatable bonds is 9. The SMILES string of the molecule is C=C(C(=O)O)C(=O)c1ccc(C(C)(C)C)cc1.O=P(O)(O)CN(CP(=O)(O)O)CP(=O)(O)O. The highest BCUT2D eigenvalue weighted by Gasteiger charge is 2.30. The third-order valence-electron chi connectivity index (χ3n) is 3.70. The van der Waals surface area contributed by atoms with Crippen LogP contribution in [0.5, 0.6) is 0 Å². The van der Waals surface area contributed by atoms with Crippen LogP contribution in [0.2, 0.25) is 0 Å². The molecular formula is C17H28NO12P3. The quantitative estimate of drug-likeness (QED) is 0.0788. The molecule has 0 heterocycles. The maximum absolute atomic E-state index is 11.7. The molecule has 0 unspecified atom stereocenters. The molecule has 7 N–H and O–H groups in total. The van der Waals surface area contributed by atoms with Gasteiger partial charge in [-0.1, -0.05) is 51.6 Å². The number of carbonyl (C=O) groups is 2. The number of hydrogen-bond acceptors (Lipinski definition) is 6. The van der Waals surface area contributed by atoms with E-state index in [1.54, 1.807) is 12.1 Å². The molecule has 33 heavy (non-hydrogen) atoms. The molecule has 0 fully saturated rings. The number of carbonyl (C=O) groups excluding carboxylic acids is 1. The Morgan fingerprint density at radius 3 is 1.39 bits per heavy atom. The number of Topliss-reactive ketones (excluding diaryl/α,β-unsaturated/α-hetero) is 1. The summed E-state index contributed by atoms with van der Waals surface area (Å²) in [4.78, 5) is 73.9. The van der Waals surface area contributed by atoms with Gasteiger partial charge in [-0.2, -0.15) is 0 Å². The number of ketones is 1. The van der Waals surface area contributed by atoms with Gasteiger partial charge in [0.15, 0.2) is 5.78 Å². The van der Waals surface area contributed by atoms with Crippen LogP contribution in [0.25, 0.3) is 0 Å². The lowest BCUT2D eigenvalue weighted by Gasteiger charge is -2.22. The average Bonchev–Trinajstić information content (AvgIpc) is 2.55. The highest BCUT2D eigenvalue weighted by atomic mass is 31.2. The molecule has 16 heteroatoms. The lowest BCUT2D eigenvalue weighted by molar-refractivity contribution is -0.132. The van der Waals surface area contributed by atoms with Crippen molar-refractivity contribution in [3.8, 4) is 0 Å². The molecule has 0 saturated carbocycles. The molecule has 0 aliphatic heterocycles. The zero-order chi connectivity index (χ0) is 26.4. The molecule has 0 saturated heterocycles. The van der Waals surface area contributed by atoms with E-state index >= 15 is 0 Å². The van der Waals surface area contributed by atoms with E-state index in [0.717, 1.165) is 5.56 Å². The molecule has 13 nitrogen and oxygen atoms in total. The van der Waals surface area contributed by atoms with Gasteiger partial charge in [0.25, 0.3) is 0 Å². The standard InChI is InChI=1S/C14H16O3.C3H12NO9P3/c1-9(13(16)17)12(15)10-5-7-11(8-6-10)14(2,3)4;5-14(6,7)1-4(2-15(8,9)10)3-16(11,12)13/h5-8H,1H2,2-4H3,(H,16,17);1-3H2,(H2,5,6,7)(H2,8,9,10)(H2,11,12,13). The molecule has 0 amide bonds. The lowest BCUT2D eigenvalue weighted by Crippen LogP contribution is -2.27. The summed E-state index contributed by atoms with van der Waals surface area (Å²) in [5.41, 5.74) is 1.04. The number of carboxylic acids is 1. The van der Waals surface area contributed by atoms with Gasteiger partial charge >= 0.3 is 28.8 Å². The van der Waals surface area contributed by atoms with E-state index in [-0.39, 0.29) is 5.41 Å². The van der Waals surface area contributed by atoms with Gasteiger partial charge in [0.1, 0.15) is 24.4 Å². The molecular weight excluding hydrogens is 503 g/mol. The zero-order valence-electron chi connectivity index (χ0n) is 18.1. The van der Waals surface area contributed by atoms with Crippen molar-refractivity contribution in [3.05, 3.63) is 47.5 Å². The van der Waals surface area contributed by atoms with E-state index in [1.807, 2.05) is 12.1 Å². The third-order valence-corrected chi connectivity index (χ3v) is 6.00. The largest absolute Gasteiger partial charge is 0.478 e. The van der Waals surface area contributed by atoms with Gasteiger partial charge in [0.2, 0.25) is 0 Å². The van der Waals surface area contributed by atoms with Crippen LogP contribution in [0.1, 0.15) is 36.7 Å². The second-order valence-corrected chi connectivity index (χ2v) is 12.9. The van der Waals surface area contributed by atoms with Gasteiger partial charge in [0, 0.05) is 5.56 Å². The van der Waals surface area contributed by atoms with E-state index in [2.05, 4.69) is 27.4 Å². The molecule has 0 bridgehead atoms. The van der Waals surface area contributed by atoms with Crippen LogP contribution < -0.4 is 0 Å². The Labute approximate surface area is 190 Å². The maximum Gasteiger partial charge on any atom is 0.339 e. The number of benzene rings is 1. The fraction of sp³-hybridized carbons (Fsp3) is 0.412. The van der Waals surface area contributed by atoms with Gasteiger partial charge in [0.05, 0.1) is 0 Å². The van der Waals surface area contributed by atoms with Gasteiger partial charge in [-0.3, -0.25) is 23.4 Å². The molecule has 0 aliphatic rings. The van der Waals surface area contributed by atoms with Crippen molar-refractivity contribution in [2.24, 2.45) is 0 Å². The summed E-state index contributed by atoms with van der Waals surface area (Å²) in [6, 6.07) is 6.94. The summed E-state index contributed by atoms with van der Waals surface area (Å²) >= 11 is 0. The lowest BCUT2D eigenvalue weighted by atomic mass is 9.86. The average molecular weight is 531 g/mol. The predicted molar refractivity (Wildman–Crippen MR) is 119 cm³/mol. The second kappa shape index (κ2) is 11.8. The molecule has 0 spiro atoms. The van der Waals surface area contributed by atoms with E-state index in [1.165, 1.54) is 0 Å². The highest BCUT2D eigenvalue weighted by molar-refractivity contribution is 7.53. The van der Waals surface area contributed by atoms with E-state index in [9.17, 15) is 23.3 Å². The normalized spacial score (nSPS) is 12.7. The van der Waals surface area contributed by atoms with E-state index < -0.39 is 59.0 Å². The fourth-order valence-corrected chi connectivity index (χ4v) is 4.95. The Balaban J connectivity index is 0.000000622. The topological polar surface area (TPSA) is 230 Å². The minimum Gasteiger partial charge on any atom is -0.478 e. The summed E-state index contributed by atoms with van der Waals surface area (Å²) < 4.78 is 31.7. The highest BCUT2D eigenvalue weighted by Crippen LogP contribution is 2.45. The summed E-state index contributed by atoms with van der Waals surface area (Å²) in [7, 11) is -14.0. The van der Waals surface area contributed by atoms with Gasteiger partial charge in [-0.05, 0) is 11.0 Å². The van der Waals surface area contributed by atoms with Crippen LogP contribution in [0.15, 0.2) is 36.4 Å². The first-order chi connectivity index (χ1) is 14.5. The van der Waals surface area contributed by atoms with Crippen LogP contribution in [0, 0.1) is 0 Å². The maximum atomic E-state index is 11.7. The van der Waals surface area contributed by atoms with Crippen molar-refractivity contribution in [3.63, 3.8) is 0 Å². The number of carboxylic acid groups (broad SMARTS) is 1. The summed E-state index contributed by atoms with van der Waals surface area (Å²) in [6.45, 7) is 9.46. The first-order valence-corrected chi connectivity index (χ1v) is 14.3. The monoisotopic (exact) mass is 531 g/mol. The van der Waals surface area contributed by atoms with Gasteiger partial charge in [-0.25, -0.2) is 4.79 Å². The van der Waals surface area contributed by atoms with Crippen LogP contribution in [0.3, 0.4) is 0 Å². The number of aliphatic carboxylic acids is 1. The van der Waals surface area contributed by atoms with Crippen molar-refractivity contribution in [2.75, 3.05) is 18.9 Å². The van der Waals surface area contributed by atoms with Crippen LogP contribution in [-0.2, 0) is 23.9 Å². The van der Waals surface area contributed by atoms with Crippen molar-refractivity contribution >= 4 is 34.5 Å². The molecule has 188 valence electrons. The fourth-order valence-electron chi connectivity index (χ4n) is 2.31. The summed E-state index contributed by atoms with van der Waals surface area (Å²) in [5.74, 6) is -1.83. The molecule has 1 rings (SSSR count). The number of nitrogens with zero attached hydrogens (tertiary/aromatic N) is 1. The summed E-state index contributed by atoms with van der Waals surface area (Å²) in [6.07, 6.45) is -3.41. The molecule has 1 aromatic carbocycles. The summed E-state index contributed by atoms with van der Waals surface area (Å²) in [5, 5.41) is 8.68. The molecule has 0 radical (unpaired) electrons. The zero-order valence-corrected chi connectivity index (χ0v) is 20.8. The molecule has 0 aliphatic carbocycles. The first-order valence-electron chi connectivity index (χ1n) is 8.95. The van der Waals surface area contributed by atoms with Crippen LogP contribution >= 0.6 is 22.8 Å². The van der Waals surface area contributed by atoms with Crippen LogP contribution in [0.4, 0.5) is 0 Å². The molecule has 0 aromatic heterocycles. The molecule has 1 aromatic rings. The predicted octanol–water partition coefficient (Wildman–Crippen LogP) is 1.50. The Morgan fingerprint density at radius 1 is 0.818 bits per heavy atom. The molecule has 0 atom stereocenters. The second-order valence-electron chi connectivity index (χ2n) is 8.03. The number of hydrogen-bond donors (Lipinski definition) is 7. The van der Waals surface area contributed by atoms with Crippen molar-refractivity contribution in [1.82, 2.24) is 4.90 Å². The van der Waals surface area contributed by atoms with Crippen molar-refractivity contribution in [1.29, 1.82) is 0 Å². The first kappa shape index (κ1) is 31.5. The van der Waals surface area contributed by atoms with E-state index in [0.29, 0.717) is 10.5 Å². The van der Waals surface area contributed by atoms with E-state index in [4.69, 9.17) is 34.5 Å². The Morgan fingerprint density at radius 2 is 1.15 bits per heavy atom. The Hall–Kier alpha value is -1.49. The minimum atomic E-state index is -4.65. The van der Waals surface area contributed by atoms with Gasteiger partial charge < -0.3 is 34.5 Å². The van der Waals surface area contributed by atoms with Crippen molar-refractivity contribution in [2.45, 2.75) is 26.2 Å². The van der Waals surface area contributed by atoms with Crippen molar-refractivity contribution < 1.29 is 57.8 Å². The Bertz CT molecular complexity index is 940. The third kappa shape index (κ3) is 14.4. The Kier molecular flexibility index (Phi) is 11.2. The smallest absolute Gasteiger partial charge is 0.339 e.